The number of anilines is 1. The summed E-state index contributed by atoms with van der Waals surface area (Å²) in [5, 5.41) is 10.2. The summed E-state index contributed by atoms with van der Waals surface area (Å²) >= 11 is 1.10. The Bertz CT molecular complexity index is 807. The molecule has 1 N–H and O–H groups in total. The fourth-order valence-electron chi connectivity index (χ4n) is 4.34. The van der Waals surface area contributed by atoms with E-state index in [0.717, 1.165) is 68.1 Å². The third-order valence-electron chi connectivity index (χ3n) is 5.50. The monoisotopic (exact) mass is 400 g/mol. The molecule has 9 heteroatoms. The highest BCUT2D eigenvalue weighted by atomic mass is 32.1. The molecule has 0 aromatic carbocycles. The summed E-state index contributed by atoms with van der Waals surface area (Å²) in [6.07, 6.45) is -1.92. The first-order valence-corrected chi connectivity index (χ1v) is 10.0. The first kappa shape index (κ1) is 18.9. The number of alkyl halides is 3. The Morgan fingerprint density at radius 3 is 2.59 bits per heavy atom. The minimum atomic E-state index is -4.21. The van der Waals surface area contributed by atoms with E-state index in [0.29, 0.717) is 10.2 Å². The summed E-state index contributed by atoms with van der Waals surface area (Å²) in [6, 6.07) is 1.60. The molecule has 0 radical (unpaired) electrons. The molecule has 1 atom stereocenters. The van der Waals surface area contributed by atoms with Crippen molar-refractivity contribution in [1.82, 2.24) is 14.9 Å². The number of β-amino-alcohol motifs (C(OH)–C–C–N with tert-alkyl or cyclic N) is 1. The highest BCUT2D eigenvalue weighted by molar-refractivity contribution is 7.18. The number of fused-ring (bicyclic) bond motifs is 1. The maximum Gasteiger partial charge on any atom is 0.393 e. The van der Waals surface area contributed by atoms with Crippen LogP contribution in [0.5, 0.6) is 0 Å². The van der Waals surface area contributed by atoms with Gasteiger partial charge >= 0.3 is 6.18 Å². The van der Waals surface area contributed by atoms with Crippen LogP contribution in [0.2, 0.25) is 0 Å². The number of aliphatic hydroxyl groups excluding tert-OH is 1. The van der Waals surface area contributed by atoms with Crippen LogP contribution in [-0.2, 0) is 6.42 Å². The summed E-state index contributed by atoms with van der Waals surface area (Å²) < 4.78 is 38.1. The second-order valence-corrected chi connectivity index (χ2v) is 9.04. The normalized spacial score (nSPS) is 21.6. The van der Waals surface area contributed by atoms with Gasteiger partial charge in [-0.15, -0.1) is 11.3 Å². The van der Waals surface area contributed by atoms with Gasteiger partial charge in [0.25, 0.3) is 0 Å². The van der Waals surface area contributed by atoms with E-state index in [4.69, 9.17) is 0 Å². The van der Waals surface area contributed by atoms with Crippen LogP contribution in [0.15, 0.2) is 12.4 Å². The number of nitrogens with zero attached hydrogens (tertiary/aromatic N) is 4. The van der Waals surface area contributed by atoms with Crippen LogP contribution >= 0.6 is 11.3 Å². The number of thiophene rings is 1. The number of hydrogen-bond donors (Lipinski definition) is 1. The number of piperidine rings is 1. The smallest absolute Gasteiger partial charge is 0.392 e. The zero-order valence-electron chi connectivity index (χ0n) is 15.2. The van der Waals surface area contributed by atoms with Gasteiger partial charge in [0.15, 0.2) is 0 Å². The lowest BCUT2D eigenvalue weighted by Crippen LogP contribution is -2.61. The lowest BCUT2D eigenvalue weighted by atomic mass is 9.72. The van der Waals surface area contributed by atoms with Crippen molar-refractivity contribution in [1.29, 1.82) is 0 Å². The molecule has 4 rings (SSSR count). The summed E-state index contributed by atoms with van der Waals surface area (Å²) in [6.45, 7) is 6.24. The maximum absolute atomic E-state index is 12.7. The second-order valence-electron chi connectivity index (χ2n) is 7.93. The zero-order chi connectivity index (χ0) is 19.2. The molecule has 2 saturated heterocycles. The van der Waals surface area contributed by atoms with Crippen molar-refractivity contribution in [2.45, 2.75) is 38.5 Å². The van der Waals surface area contributed by atoms with Crippen LogP contribution in [0.4, 0.5) is 19.0 Å². The van der Waals surface area contributed by atoms with Crippen LogP contribution in [0.25, 0.3) is 10.2 Å². The SMILES string of the molecule is CC(O)CN1CC2(CCN(c3ncnc4sc(CC(F)(F)F)cc34)CC2)C1. The Kier molecular flexibility index (Phi) is 4.80. The molecule has 0 saturated carbocycles. The fourth-order valence-corrected chi connectivity index (χ4v) is 5.36. The number of rotatable bonds is 4. The third kappa shape index (κ3) is 4.05. The van der Waals surface area contributed by atoms with E-state index in [9.17, 15) is 18.3 Å². The molecule has 2 fully saturated rings. The number of halogens is 3. The minimum absolute atomic E-state index is 0.278. The molecule has 0 bridgehead atoms. The Hall–Kier alpha value is -1.45. The van der Waals surface area contributed by atoms with Crippen molar-refractivity contribution < 1.29 is 18.3 Å². The molecule has 1 spiro atoms. The second kappa shape index (κ2) is 6.86. The average molecular weight is 400 g/mol. The maximum atomic E-state index is 12.7. The quantitative estimate of drug-likeness (QED) is 0.855. The van der Waals surface area contributed by atoms with E-state index in [1.807, 2.05) is 6.92 Å². The van der Waals surface area contributed by atoms with Gasteiger partial charge in [0, 0.05) is 37.6 Å². The molecule has 2 aromatic heterocycles. The zero-order valence-corrected chi connectivity index (χ0v) is 16.0. The highest BCUT2D eigenvalue weighted by Crippen LogP contribution is 2.42. The van der Waals surface area contributed by atoms with Crippen molar-refractivity contribution in [3.8, 4) is 0 Å². The van der Waals surface area contributed by atoms with Crippen LogP contribution in [0.1, 0.15) is 24.6 Å². The Balaban J connectivity index is 1.45. The van der Waals surface area contributed by atoms with Crippen LogP contribution in [0.3, 0.4) is 0 Å². The van der Waals surface area contributed by atoms with Crippen LogP contribution in [-0.4, -0.2) is 65.0 Å². The van der Waals surface area contributed by atoms with Gasteiger partial charge in [0.2, 0.25) is 0 Å². The molecule has 2 aromatic rings. The predicted molar refractivity (Wildman–Crippen MR) is 99.2 cm³/mol. The van der Waals surface area contributed by atoms with Crippen LogP contribution in [0, 0.1) is 5.41 Å². The van der Waals surface area contributed by atoms with E-state index in [2.05, 4.69) is 19.8 Å². The highest BCUT2D eigenvalue weighted by Gasteiger charge is 2.45. The van der Waals surface area contributed by atoms with Crippen molar-refractivity contribution in [3.63, 3.8) is 0 Å². The summed E-state index contributed by atoms with van der Waals surface area (Å²) in [5.41, 5.74) is 0.313. The molecule has 5 nitrogen and oxygen atoms in total. The van der Waals surface area contributed by atoms with Crippen LogP contribution < -0.4 is 4.90 Å². The van der Waals surface area contributed by atoms with Gasteiger partial charge in [-0.05, 0) is 31.2 Å². The standard InChI is InChI=1S/C18H23F3N4OS/c1-12(26)8-24-9-17(10-24)2-4-25(5-3-17)15-14-6-13(7-18(19,20)21)27-16(14)23-11-22-15/h6,11-12,26H,2-5,7-10H2,1H3. The number of aliphatic hydroxyl groups is 1. The van der Waals surface area contributed by atoms with Crippen molar-refractivity contribution in [2.75, 3.05) is 37.6 Å². The molecule has 27 heavy (non-hydrogen) atoms. The summed E-state index contributed by atoms with van der Waals surface area (Å²) in [7, 11) is 0. The first-order chi connectivity index (χ1) is 12.7. The van der Waals surface area contributed by atoms with Gasteiger partial charge < -0.3 is 10.0 Å². The van der Waals surface area contributed by atoms with Gasteiger partial charge in [0.05, 0.1) is 17.9 Å². The predicted octanol–water partition coefficient (Wildman–Crippen LogP) is 3.08. The Morgan fingerprint density at radius 1 is 1.26 bits per heavy atom. The van der Waals surface area contributed by atoms with Crippen molar-refractivity contribution in [2.24, 2.45) is 5.41 Å². The molecular weight excluding hydrogens is 377 g/mol. The molecule has 2 aliphatic rings. The van der Waals surface area contributed by atoms with Gasteiger partial charge in [-0.3, -0.25) is 4.90 Å². The molecule has 4 heterocycles. The summed E-state index contributed by atoms with van der Waals surface area (Å²) in [4.78, 5) is 13.9. The number of aromatic nitrogens is 2. The van der Waals surface area contributed by atoms with E-state index in [-0.39, 0.29) is 11.0 Å². The summed E-state index contributed by atoms with van der Waals surface area (Å²) in [5.74, 6) is 0.750. The molecular formula is C18H23F3N4OS. The topological polar surface area (TPSA) is 52.5 Å². The molecule has 148 valence electrons. The van der Waals surface area contributed by atoms with E-state index < -0.39 is 12.6 Å². The lowest BCUT2D eigenvalue weighted by Gasteiger charge is -2.54. The third-order valence-corrected chi connectivity index (χ3v) is 6.54. The number of likely N-dealkylation sites (tertiary alicyclic amines) is 1. The Morgan fingerprint density at radius 2 is 1.96 bits per heavy atom. The molecule has 1 unspecified atom stereocenters. The minimum Gasteiger partial charge on any atom is -0.392 e. The first-order valence-electron chi connectivity index (χ1n) is 9.19. The van der Waals surface area contributed by atoms with Gasteiger partial charge in [-0.1, -0.05) is 0 Å². The molecule has 0 aliphatic carbocycles. The lowest BCUT2D eigenvalue weighted by molar-refractivity contribution is -0.126. The number of hydrogen-bond acceptors (Lipinski definition) is 6. The van der Waals surface area contributed by atoms with Gasteiger partial charge in [-0.2, -0.15) is 13.2 Å². The average Bonchev–Trinajstić information content (AvgIpc) is 2.93. The van der Waals surface area contributed by atoms with E-state index >= 15 is 0 Å². The van der Waals surface area contributed by atoms with E-state index in [1.54, 1.807) is 6.07 Å². The fraction of sp³-hybridized carbons (Fsp3) is 0.667. The van der Waals surface area contributed by atoms with Gasteiger partial charge in [0.1, 0.15) is 17.0 Å². The Labute approximate surface area is 159 Å². The van der Waals surface area contributed by atoms with Gasteiger partial charge in [-0.25, -0.2) is 9.97 Å². The molecule has 2 aliphatic heterocycles. The van der Waals surface area contributed by atoms with Crippen molar-refractivity contribution in [3.05, 3.63) is 17.3 Å². The molecule has 0 amide bonds. The largest absolute Gasteiger partial charge is 0.393 e. The van der Waals surface area contributed by atoms with Crippen molar-refractivity contribution >= 4 is 27.4 Å². The van der Waals surface area contributed by atoms with E-state index in [1.165, 1.54) is 6.33 Å².